The molecule has 2 aromatic carbocycles. The lowest BCUT2D eigenvalue weighted by molar-refractivity contribution is -0.00774. The van der Waals surface area contributed by atoms with Crippen molar-refractivity contribution in [3.63, 3.8) is 0 Å². The average Bonchev–Trinajstić information content (AvgIpc) is 2.73. The summed E-state index contributed by atoms with van der Waals surface area (Å²) < 4.78 is 24.6. The average molecular weight is 455 g/mol. The smallest absolute Gasteiger partial charge is 0.410 e. The van der Waals surface area contributed by atoms with E-state index in [1.807, 2.05) is 39.0 Å². The molecule has 1 fully saturated rings. The zero-order valence-corrected chi connectivity index (χ0v) is 19.3. The third-order valence-corrected chi connectivity index (χ3v) is 6.10. The fourth-order valence-electron chi connectivity index (χ4n) is 4.46. The molecule has 33 heavy (non-hydrogen) atoms. The molecular weight excluding hydrogens is 423 g/mol. The maximum atomic E-state index is 13.5. The van der Waals surface area contributed by atoms with Gasteiger partial charge in [0.25, 0.3) is 0 Å². The number of nitrogens with zero attached hydrogens (tertiary/aromatic N) is 1. The number of amides is 2. The Morgan fingerprint density at radius 2 is 1.79 bits per heavy atom. The van der Waals surface area contributed by atoms with Crippen LogP contribution in [0.2, 0.25) is 0 Å². The van der Waals surface area contributed by atoms with Crippen LogP contribution in [0, 0.1) is 11.7 Å². The van der Waals surface area contributed by atoms with Gasteiger partial charge in [-0.2, -0.15) is 0 Å². The van der Waals surface area contributed by atoms with Crippen molar-refractivity contribution in [1.29, 1.82) is 0 Å². The largest absolute Gasteiger partial charge is 0.446 e. The van der Waals surface area contributed by atoms with E-state index >= 15 is 0 Å². The van der Waals surface area contributed by atoms with Gasteiger partial charge in [-0.1, -0.05) is 36.4 Å². The van der Waals surface area contributed by atoms with Crippen LogP contribution >= 0.6 is 0 Å². The molecule has 0 spiro atoms. The second-order valence-corrected chi connectivity index (χ2v) is 9.82. The molecule has 1 saturated carbocycles. The molecule has 1 atom stereocenters. The van der Waals surface area contributed by atoms with Crippen molar-refractivity contribution < 1.29 is 23.5 Å². The molecule has 0 saturated heterocycles. The molecule has 7 heteroatoms. The summed E-state index contributed by atoms with van der Waals surface area (Å²) in [7, 11) is 0. The summed E-state index contributed by atoms with van der Waals surface area (Å²) in [5, 5.41) is 2.78. The summed E-state index contributed by atoms with van der Waals surface area (Å²) in [6.45, 7) is 6.50. The predicted octanol–water partition coefficient (Wildman–Crippen LogP) is 5.21. The molecular formula is C26H31FN2O4. The predicted molar refractivity (Wildman–Crippen MR) is 122 cm³/mol. The van der Waals surface area contributed by atoms with Gasteiger partial charge < -0.3 is 14.8 Å². The minimum Gasteiger partial charge on any atom is -0.446 e. The minimum atomic E-state index is -0.532. The molecule has 1 N–H and O–H groups in total. The third kappa shape index (κ3) is 5.64. The number of carbonyl (C=O) groups is 2. The van der Waals surface area contributed by atoms with Crippen LogP contribution in [-0.4, -0.2) is 41.9 Å². The molecule has 2 aromatic rings. The zero-order valence-electron chi connectivity index (χ0n) is 19.3. The van der Waals surface area contributed by atoms with Gasteiger partial charge in [0.05, 0.1) is 6.04 Å². The van der Waals surface area contributed by atoms with Crippen LogP contribution in [-0.2, 0) is 15.9 Å². The van der Waals surface area contributed by atoms with Crippen molar-refractivity contribution in [2.24, 2.45) is 5.92 Å². The number of alkyl carbamates (subject to hydrolysis) is 1. The Morgan fingerprint density at radius 3 is 2.48 bits per heavy atom. The van der Waals surface area contributed by atoms with Crippen LogP contribution in [0.15, 0.2) is 48.5 Å². The molecule has 4 rings (SSSR count). The van der Waals surface area contributed by atoms with Gasteiger partial charge in [0, 0.05) is 13.1 Å². The Bertz CT molecular complexity index is 996. The van der Waals surface area contributed by atoms with Crippen molar-refractivity contribution in [3.05, 3.63) is 71.0 Å². The first-order valence-electron chi connectivity index (χ1n) is 11.5. The van der Waals surface area contributed by atoms with Crippen molar-refractivity contribution in [3.8, 4) is 0 Å². The molecule has 0 radical (unpaired) electrons. The first kappa shape index (κ1) is 23.1. The normalized spacial score (nSPS) is 22.1. The quantitative estimate of drug-likeness (QED) is 0.688. The highest BCUT2D eigenvalue weighted by molar-refractivity contribution is 5.70. The summed E-state index contributed by atoms with van der Waals surface area (Å²) >= 11 is 0. The number of ether oxygens (including phenoxy) is 2. The third-order valence-electron chi connectivity index (χ3n) is 6.10. The summed E-state index contributed by atoms with van der Waals surface area (Å²) in [4.78, 5) is 26.7. The lowest BCUT2D eigenvalue weighted by Gasteiger charge is -2.40. The molecule has 2 aliphatic rings. The second kappa shape index (κ2) is 9.41. The number of hydrogen-bond acceptors (Lipinski definition) is 4. The van der Waals surface area contributed by atoms with Crippen molar-refractivity contribution >= 4 is 12.2 Å². The van der Waals surface area contributed by atoms with Crippen LogP contribution in [0.1, 0.15) is 56.3 Å². The van der Waals surface area contributed by atoms with Gasteiger partial charge in [-0.25, -0.2) is 14.0 Å². The highest BCUT2D eigenvalue weighted by atomic mass is 19.1. The van der Waals surface area contributed by atoms with E-state index in [4.69, 9.17) is 9.47 Å². The SMILES string of the molecule is CC(C)(C)OC(=O)NC[C@H]1C[C@@H](OC(=O)N2CCc3ccccc3[C@@H]2c2ccc(F)cc2)C1. The molecule has 1 aliphatic heterocycles. The van der Waals surface area contributed by atoms with Crippen LogP contribution in [0.4, 0.5) is 14.0 Å². The zero-order chi connectivity index (χ0) is 23.6. The van der Waals surface area contributed by atoms with Gasteiger partial charge in [0.1, 0.15) is 17.5 Å². The van der Waals surface area contributed by atoms with E-state index in [1.165, 1.54) is 17.7 Å². The molecule has 1 heterocycles. The molecule has 0 unspecified atom stereocenters. The van der Waals surface area contributed by atoms with Crippen LogP contribution in [0.3, 0.4) is 0 Å². The fraction of sp³-hybridized carbons (Fsp3) is 0.462. The van der Waals surface area contributed by atoms with E-state index in [1.54, 1.807) is 17.0 Å². The Labute approximate surface area is 194 Å². The maximum absolute atomic E-state index is 13.5. The lowest BCUT2D eigenvalue weighted by Crippen LogP contribution is -2.46. The van der Waals surface area contributed by atoms with Crippen LogP contribution < -0.4 is 5.32 Å². The lowest BCUT2D eigenvalue weighted by atomic mass is 9.82. The standard InChI is InChI=1S/C26H31FN2O4/c1-26(2,3)33-24(30)28-16-17-14-21(15-17)32-25(31)29-13-12-18-6-4-5-7-22(18)23(29)19-8-10-20(27)11-9-19/h4-11,17,21,23H,12-16H2,1-3H3,(H,28,30)/t17-,21+,23-/m0/s1. The molecule has 0 bridgehead atoms. The summed E-state index contributed by atoms with van der Waals surface area (Å²) in [6.07, 6.45) is 1.18. The van der Waals surface area contributed by atoms with E-state index in [-0.39, 0.29) is 30.0 Å². The van der Waals surface area contributed by atoms with E-state index in [9.17, 15) is 14.0 Å². The van der Waals surface area contributed by atoms with E-state index < -0.39 is 11.7 Å². The van der Waals surface area contributed by atoms with E-state index in [0.29, 0.717) is 25.9 Å². The number of halogens is 1. The van der Waals surface area contributed by atoms with Gasteiger partial charge in [0.15, 0.2) is 0 Å². The number of hydrogen-bond donors (Lipinski definition) is 1. The molecule has 2 amide bonds. The molecule has 176 valence electrons. The number of carbonyl (C=O) groups excluding carboxylic acids is 2. The Kier molecular flexibility index (Phi) is 6.58. The van der Waals surface area contributed by atoms with Crippen LogP contribution in [0.25, 0.3) is 0 Å². The van der Waals surface area contributed by atoms with Gasteiger partial charge in [0.2, 0.25) is 0 Å². The second-order valence-electron chi connectivity index (χ2n) is 9.82. The number of benzene rings is 2. The van der Waals surface area contributed by atoms with E-state index in [2.05, 4.69) is 11.4 Å². The summed E-state index contributed by atoms with van der Waals surface area (Å²) in [6, 6.07) is 14.0. The van der Waals surface area contributed by atoms with Crippen molar-refractivity contribution in [2.75, 3.05) is 13.1 Å². The van der Waals surface area contributed by atoms with Crippen molar-refractivity contribution in [2.45, 2.75) is 57.8 Å². The molecule has 0 aromatic heterocycles. The Hall–Kier alpha value is -3.09. The van der Waals surface area contributed by atoms with Crippen LogP contribution in [0.5, 0.6) is 0 Å². The highest BCUT2D eigenvalue weighted by Gasteiger charge is 2.37. The summed E-state index contributed by atoms with van der Waals surface area (Å²) in [5.74, 6) is -0.0530. The highest BCUT2D eigenvalue weighted by Crippen LogP contribution is 2.37. The number of rotatable bonds is 4. The van der Waals surface area contributed by atoms with Gasteiger partial charge in [-0.15, -0.1) is 0 Å². The minimum absolute atomic E-state index is 0.172. The molecule has 6 nitrogen and oxygen atoms in total. The van der Waals surface area contributed by atoms with Gasteiger partial charge in [-0.3, -0.25) is 4.90 Å². The van der Waals surface area contributed by atoms with Gasteiger partial charge >= 0.3 is 12.2 Å². The molecule has 1 aliphatic carbocycles. The summed E-state index contributed by atoms with van der Waals surface area (Å²) in [5.41, 5.74) is 2.55. The number of nitrogens with one attached hydrogen (secondary N) is 1. The van der Waals surface area contributed by atoms with Gasteiger partial charge in [-0.05, 0) is 74.8 Å². The topological polar surface area (TPSA) is 67.9 Å². The first-order chi connectivity index (χ1) is 15.7. The van der Waals surface area contributed by atoms with Crippen molar-refractivity contribution in [1.82, 2.24) is 10.2 Å². The fourth-order valence-corrected chi connectivity index (χ4v) is 4.46. The van der Waals surface area contributed by atoms with E-state index in [0.717, 1.165) is 17.5 Å². The number of fused-ring (bicyclic) bond motifs is 1. The first-order valence-corrected chi connectivity index (χ1v) is 11.5. The Balaban J connectivity index is 1.36. The maximum Gasteiger partial charge on any atom is 0.410 e. The monoisotopic (exact) mass is 454 g/mol. The Morgan fingerprint density at radius 1 is 1.09 bits per heavy atom.